The molecule has 0 aliphatic carbocycles. The Balaban J connectivity index is 1.45. The van der Waals surface area contributed by atoms with Crippen LogP contribution >= 0.6 is 11.6 Å². The van der Waals surface area contributed by atoms with Gasteiger partial charge in [-0.1, -0.05) is 41.9 Å². The Hall–Kier alpha value is -1.91. The van der Waals surface area contributed by atoms with E-state index in [1.54, 1.807) is 12.1 Å². The summed E-state index contributed by atoms with van der Waals surface area (Å²) < 4.78 is 12.9. The number of halogens is 2. The summed E-state index contributed by atoms with van der Waals surface area (Å²) >= 11 is 6.22. The Morgan fingerprint density at radius 2 is 1.92 bits per heavy atom. The summed E-state index contributed by atoms with van der Waals surface area (Å²) in [6.45, 7) is 2.25. The molecule has 2 aromatic rings. The second-order valence-electron chi connectivity index (χ2n) is 6.71. The second kappa shape index (κ2) is 9.15. The van der Waals surface area contributed by atoms with E-state index in [-0.39, 0.29) is 17.8 Å². The van der Waals surface area contributed by atoms with Crippen LogP contribution in [0.25, 0.3) is 0 Å². The molecular formula is C21H24ClFN2O. The lowest BCUT2D eigenvalue weighted by molar-refractivity contribution is -0.129. The molecule has 1 amide bonds. The topological polar surface area (TPSA) is 32.3 Å². The van der Waals surface area contributed by atoms with Gasteiger partial charge in [0.25, 0.3) is 0 Å². The van der Waals surface area contributed by atoms with E-state index in [2.05, 4.69) is 5.32 Å². The first-order valence-electron chi connectivity index (χ1n) is 9.11. The highest BCUT2D eigenvalue weighted by Crippen LogP contribution is 2.23. The number of carbonyl (C=O) groups excluding carboxylic acids is 1. The maximum Gasteiger partial charge on any atom is 0.222 e. The number of hydrogen-bond donors (Lipinski definition) is 1. The van der Waals surface area contributed by atoms with Gasteiger partial charge in [-0.05, 0) is 55.1 Å². The summed E-state index contributed by atoms with van der Waals surface area (Å²) in [5.41, 5.74) is 2.14. The van der Waals surface area contributed by atoms with Crippen LogP contribution in [0.15, 0.2) is 48.5 Å². The molecule has 5 heteroatoms. The summed E-state index contributed by atoms with van der Waals surface area (Å²) in [5.74, 6) is 0.0213. The van der Waals surface area contributed by atoms with Crippen LogP contribution in [0, 0.1) is 5.82 Å². The Morgan fingerprint density at radius 3 is 2.69 bits per heavy atom. The standard InChI is InChI=1S/C21H24ClFN2O/c22-20-4-2-1-3-17(20)12-14-25-19(9-10-21(25)26)11-13-24-15-16-5-7-18(23)8-6-16/h1-8,19,24H,9-15H2. The van der Waals surface area contributed by atoms with Crippen molar-refractivity contribution in [3.8, 4) is 0 Å². The maximum absolute atomic E-state index is 12.9. The van der Waals surface area contributed by atoms with E-state index in [1.165, 1.54) is 12.1 Å². The van der Waals surface area contributed by atoms with Crippen molar-refractivity contribution in [3.63, 3.8) is 0 Å². The van der Waals surface area contributed by atoms with Gasteiger partial charge in [0.2, 0.25) is 5.91 Å². The molecule has 1 heterocycles. The first-order chi connectivity index (χ1) is 12.6. The van der Waals surface area contributed by atoms with Crippen LogP contribution in [0.5, 0.6) is 0 Å². The van der Waals surface area contributed by atoms with Crippen LogP contribution in [0.3, 0.4) is 0 Å². The monoisotopic (exact) mass is 374 g/mol. The Labute approximate surface area is 159 Å². The minimum Gasteiger partial charge on any atom is -0.339 e. The number of likely N-dealkylation sites (tertiary alicyclic amines) is 1. The molecular weight excluding hydrogens is 351 g/mol. The first kappa shape index (κ1) is 18.9. The number of benzene rings is 2. The highest BCUT2D eigenvalue weighted by atomic mass is 35.5. The van der Waals surface area contributed by atoms with Crippen molar-refractivity contribution >= 4 is 17.5 Å². The van der Waals surface area contributed by atoms with E-state index in [0.29, 0.717) is 19.5 Å². The fraction of sp³-hybridized carbons (Fsp3) is 0.381. The van der Waals surface area contributed by atoms with Gasteiger partial charge in [0, 0.05) is 30.6 Å². The molecule has 1 unspecified atom stereocenters. The maximum atomic E-state index is 12.9. The first-order valence-corrected chi connectivity index (χ1v) is 9.49. The Bertz CT molecular complexity index is 735. The van der Waals surface area contributed by atoms with Crippen molar-refractivity contribution in [1.29, 1.82) is 0 Å². The molecule has 2 aromatic carbocycles. The largest absolute Gasteiger partial charge is 0.339 e. The van der Waals surface area contributed by atoms with Gasteiger partial charge in [-0.25, -0.2) is 4.39 Å². The number of nitrogens with one attached hydrogen (secondary N) is 1. The molecule has 0 bridgehead atoms. The molecule has 0 spiro atoms. The lowest BCUT2D eigenvalue weighted by Crippen LogP contribution is -2.36. The molecule has 26 heavy (non-hydrogen) atoms. The molecule has 1 fully saturated rings. The zero-order valence-electron chi connectivity index (χ0n) is 14.8. The van der Waals surface area contributed by atoms with Crippen molar-refractivity contribution in [3.05, 3.63) is 70.5 Å². The van der Waals surface area contributed by atoms with Crippen molar-refractivity contribution in [2.75, 3.05) is 13.1 Å². The minimum atomic E-state index is -0.215. The Kier molecular flexibility index (Phi) is 6.64. The summed E-state index contributed by atoms with van der Waals surface area (Å²) in [5, 5.41) is 4.15. The van der Waals surface area contributed by atoms with Crippen molar-refractivity contribution in [2.24, 2.45) is 0 Å². The van der Waals surface area contributed by atoms with E-state index >= 15 is 0 Å². The molecule has 138 valence electrons. The van der Waals surface area contributed by atoms with Gasteiger partial charge in [0.05, 0.1) is 0 Å². The zero-order valence-corrected chi connectivity index (χ0v) is 15.5. The van der Waals surface area contributed by atoms with Crippen LogP contribution in [0.4, 0.5) is 4.39 Å². The van der Waals surface area contributed by atoms with Crippen LogP contribution in [-0.2, 0) is 17.8 Å². The molecule has 1 aliphatic heterocycles. The highest BCUT2D eigenvalue weighted by molar-refractivity contribution is 6.31. The highest BCUT2D eigenvalue weighted by Gasteiger charge is 2.29. The number of hydrogen-bond acceptors (Lipinski definition) is 2. The van der Waals surface area contributed by atoms with Gasteiger partial charge in [-0.2, -0.15) is 0 Å². The number of nitrogens with zero attached hydrogens (tertiary/aromatic N) is 1. The molecule has 3 rings (SSSR count). The summed E-state index contributed by atoms with van der Waals surface area (Å²) in [6, 6.07) is 14.6. The number of rotatable bonds is 8. The third kappa shape index (κ3) is 5.05. The van der Waals surface area contributed by atoms with Gasteiger partial charge < -0.3 is 10.2 Å². The van der Waals surface area contributed by atoms with E-state index < -0.39 is 0 Å². The van der Waals surface area contributed by atoms with E-state index in [1.807, 2.05) is 29.2 Å². The average molecular weight is 375 g/mol. The minimum absolute atomic E-state index is 0.215. The third-order valence-corrected chi connectivity index (χ3v) is 5.30. The normalized spacial score (nSPS) is 17.1. The summed E-state index contributed by atoms with van der Waals surface area (Å²) in [4.78, 5) is 14.2. The zero-order chi connectivity index (χ0) is 18.4. The van der Waals surface area contributed by atoms with E-state index in [0.717, 1.165) is 42.0 Å². The van der Waals surface area contributed by atoms with Crippen molar-refractivity contribution < 1.29 is 9.18 Å². The molecule has 1 saturated heterocycles. The van der Waals surface area contributed by atoms with Crippen LogP contribution in [0.1, 0.15) is 30.4 Å². The molecule has 1 aliphatic rings. The van der Waals surface area contributed by atoms with Crippen molar-refractivity contribution in [1.82, 2.24) is 10.2 Å². The van der Waals surface area contributed by atoms with Gasteiger partial charge >= 0.3 is 0 Å². The van der Waals surface area contributed by atoms with Crippen LogP contribution in [0.2, 0.25) is 5.02 Å². The molecule has 0 aromatic heterocycles. The van der Waals surface area contributed by atoms with Gasteiger partial charge in [0.1, 0.15) is 5.82 Å². The third-order valence-electron chi connectivity index (χ3n) is 4.93. The smallest absolute Gasteiger partial charge is 0.222 e. The predicted octanol–water partition coefficient (Wildman–Crippen LogP) is 4.19. The SMILES string of the molecule is O=C1CCC(CCNCc2ccc(F)cc2)N1CCc1ccccc1Cl. The predicted molar refractivity (Wildman–Crippen MR) is 103 cm³/mol. The molecule has 0 radical (unpaired) electrons. The van der Waals surface area contributed by atoms with E-state index in [4.69, 9.17) is 11.6 Å². The van der Waals surface area contributed by atoms with Crippen LogP contribution in [-0.4, -0.2) is 29.9 Å². The fourth-order valence-electron chi connectivity index (χ4n) is 3.45. The average Bonchev–Trinajstić information content (AvgIpc) is 2.99. The van der Waals surface area contributed by atoms with Gasteiger partial charge in [0.15, 0.2) is 0 Å². The lowest BCUT2D eigenvalue weighted by atomic mass is 10.1. The van der Waals surface area contributed by atoms with Gasteiger partial charge in [-0.3, -0.25) is 4.79 Å². The molecule has 1 atom stereocenters. The Morgan fingerprint density at radius 1 is 1.15 bits per heavy atom. The number of carbonyl (C=O) groups is 1. The quantitative estimate of drug-likeness (QED) is 0.702. The molecule has 0 saturated carbocycles. The molecule has 3 nitrogen and oxygen atoms in total. The second-order valence-corrected chi connectivity index (χ2v) is 7.12. The summed E-state index contributed by atoms with van der Waals surface area (Å²) in [6.07, 6.45) is 3.26. The lowest BCUT2D eigenvalue weighted by Gasteiger charge is -2.25. The molecule has 1 N–H and O–H groups in total. The fourth-order valence-corrected chi connectivity index (χ4v) is 3.68. The summed E-state index contributed by atoms with van der Waals surface area (Å²) in [7, 11) is 0. The number of amides is 1. The van der Waals surface area contributed by atoms with Crippen LogP contribution < -0.4 is 5.32 Å². The van der Waals surface area contributed by atoms with E-state index in [9.17, 15) is 9.18 Å². The van der Waals surface area contributed by atoms with Gasteiger partial charge in [-0.15, -0.1) is 0 Å². The van der Waals surface area contributed by atoms with Crippen molar-refractivity contribution in [2.45, 2.75) is 38.3 Å².